The standard InChI is InChI=1S/C24H25FN2O4S/c1-18-12-13-22(17-23(18)25)32(29,30)26-20-9-6-8-19(16-20)24(28)27(2)14-7-15-31-21-10-4-3-5-11-21/h3-6,8-13,16-17,26H,7,14-15H2,1-2H3. The van der Waals surface area contributed by atoms with Crippen LogP contribution >= 0.6 is 0 Å². The Balaban J connectivity index is 1.60. The topological polar surface area (TPSA) is 75.7 Å². The third-order valence-corrected chi connectivity index (χ3v) is 6.19. The number of hydrogen-bond donors (Lipinski definition) is 1. The number of para-hydroxylation sites is 1. The number of nitrogens with one attached hydrogen (secondary N) is 1. The van der Waals surface area contributed by atoms with Gasteiger partial charge in [0, 0.05) is 24.8 Å². The number of halogens is 1. The quantitative estimate of drug-likeness (QED) is 0.482. The van der Waals surface area contributed by atoms with E-state index in [0.717, 1.165) is 11.8 Å². The molecule has 0 spiro atoms. The molecule has 6 nitrogen and oxygen atoms in total. The molecule has 0 saturated heterocycles. The van der Waals surface area contributed by atoms with Gasteiger partial charge < -0.3 is 9.64 Å². The van der Waals surface area contributed by atoms with Crippen LogP contribution in [0.3, 0.4) is 0 Å². The van der Waals surface area contributed by atoms with Crippen molar-refractivity contribution in [2.24, 2.45) is 0 Å². The van der Waals surface area contributed by atoms with Crippen LogP contribution in [0, 0.1) is 12.7 Å². The fourth-order valence-electron chi connectivity index (χ4n) is 3.00. The second-order valence-corrected chi connectivity index (χ2v) is 9.02. The van der Waals surface area contributed by atoms with E-state index in [4.69, 9.17) is 4.74 Å². The number of carbonyl (C=O) groups excluding carboxylic acids is 1. The largest absolute Gasteiger partial charge is 0.494 e. The molecule has 3 aromatic carbocycles. The van der Waals surface area contributed by atoms with Gasteiger partial charge in [-0.1, -0.05) is 30.3 Å². The van der Waals surface area contributed by atoms with Crippen LogP contribution in [0.15, 0.2) is 77.7 Å². The van der Waals surface area contributed by atoms with Gasteiger partial charge in [-0.05, 0) is 61.4 Å². The predicted molar refractivity (Wildman–Crippen MR) is 122 cm³/mol. The van der Waals surface area contributed by atoms with Crippen molar-refractivity contribution < 1.29 is 22.3 Å². The number of rotatable bonds is 9. The van der Waals surface area contributed by atoms with E-state index < -0.39 is 15.8 Å². The maximum Gasteiger partial charge on any atom is 0.261 e. The van der Waals surface area contributed by atoms with Crippen molar-refractivity contribution in [1.82, 2.24) is 4.90 Å². The Morgan fingerprint density at radius 2 is 1.78 bits per heavy atom. The zero-order chi connectivity index (χ0) is 23.1. The van der Waals surface area contributed by atoms with Crippen molar-refractivity contribution in [3.63, 3.8) is 0 Å². The van der Waals surface area contributed by atoms with E-state index in [9.17, 15) is 17.6 Å². The fraction of sp³-hybridized carbons (Fsp3) is 0.208. The minimum absolute atomic E-state index is 0.187. The van der Waals surface area contributed by atoms with Gasteiger partial charge >= 0.3 is 0 Å². The van der Waals surface area contributed by atoms with Crippen LogP contribution in [-0.4, -0.2) is 39.4 Å². The highest BCUT2D eigenvalue weighted by Gasteiger charge is 2.17. The zero-order valence-electron chi connectivity index (χ0n) is 17.9. The van der Waals surface area contributed by atoms with Crippen LogP contribution in [0.1, 0.15) is 22.3 Å². The van der Waals surface area contributed by atoms with Gasteiger partial charge in [0.15, 0.2) is 0 Å². The summed E-state index contributed by atoms with van der Waals surface area (Å²) in [4.78, 5) is 14.1. The third-order valence-electron chi connectivity index (χ3n) is 4.81. The van der Waals surface area contributed by atoms with Crippen molar-refractivity contribution in [3.05, 3.63) is 89.7 Å². The second kappa shape index (κ2) is 10.3. The number of hydrogen-bond acceptors (Lipinski definition) is 4. The highest BCUT2D eigenvalue weighted by atomic mass is 32.2. The van der Waals surface area contributed by atoms with E-state index >= 15 is 0 Å². The first-order valence-electron chi connectivity index (χ1n) is 10.1. The Morgan fingerprint density at radius 3 is 2.50 bits per heavy atom. The number of anilines is 1. The molecule has 0 heterocycles. The molecule has 0 atom stereocenters. The summed E-state index contributed by atoms with van der Waals surface area (Å²) in [5, 5.41) is 0. The number of carbonyl (C=O) groups is 1. The molecule has 168 valence electrons. The third kappa shape index (κ3) is 6.07. The summed E-state index contributed by atoms with van der Waals surface area (Å²) in [7, 11) is -2.31. The molecule has 0 unspecified atom stereocenters. The normalized spacial score (nSPS) is 11.1. The van der Waals surface area contributed by atoms with Crippen molar-refractivity contribution in [2.45, 2.75) is 18.2 Å². The summed E-state index contributed by atoms with van der Waals surface area (Å²) in [6.45, 7) is 2.50. The highest BCUT2D eigenvalue weighted by Crippen LogP contribution is 2.20. The van der Waals surface area contributed by atoms with Crippen molar-refractivity contribution >= 4 is 21.6 Å². The molecule has 0 bridgehead atoms. The molecule has 1 N–H and O–H groups in total. The Labute approximate surface area is 187 Å². The smallest absolute Gasteiger partial charge is 0.261 e. The summed E-state index contributed by atoms with van der Waals surface area (Å²) in [5.74, 6) is -0.0725. The fourth-order valence-corrected chi connectivity index (χ4v) is 4.06. The van der Waals surface area contributed by atoms with Crippen LogP contribution < -0.4 is 9.46 Å². The van der Waals surface area contributed by atoms with Gasteiger partial charge in [-0.15, -0.1) is 0 Å². The lowest BCUT2D eigenvalue weighted by atomic mass is 10.2. The lowest BCUT2D eigenvalue weighted by Crippen LogP contribution is -2.28. The van der Waals surface area contributed by atoms with Gasteiger partial charge in [0.05, 0.1) is 11.5 Å². The maximum atomic E-state index is 13.8. The predicted octanol–water partition coefficient (Wildman–Crippen LogP) is 4.48. The Bertz CT molecular complexity index is 1180. The van der Waals surface area contributed by atoms with E-state index in [1.807, 2.05) is 30.3 Å². The molecule has 32 heavy (non-hydrogen) atoms. The summed E-state index contributed by atoms with van der Waals surface area (Å²) in [5.41, 5.74) is 0.915. The molecular formula is C24H25FN2O4S. The minimum atomic E-state index is -3.99. The van der Waals surface area contributed by atoms with Crippen molar-refractivity contribution in [3.8, 4) is 5.75 Å². The highest BCUT2D eigenvalue weighted by molar-refractivity contribution is 7.92. The van der Waals surface area contributed by atoms with Crippen molar-refractivity contribution in [1.29, 1.82) is 0 Å². The van der Waals surface area contributed by atoms with Gasteiger partial charge in [0.2, 0.25) is 0 Å². The lowest BCUT2D eigenvalue weighted by Gasteiger charge is -2.18. The van der Waals surface area contributed by atoms with Crippen LogP contribution in [-0.2, 0) is 10.0 Å². The molecule has 1 amide bonds. The van der Waals surface area contributed by atoms with E-state index in [0.29, 0.717) is 30.7 Å². The monoisotopic (exact) mass is 456 g/mol. The Hall–Kier alpha value is -3.39. The zero-order valence-corrected chi connectivity index (χ0v) is 18.7. The van der Waals surface area contributed by atoms with Crippen LogP contribution in [0.4, 0.5) is 10.1 Å². The number of benzene rings is 3. The van der Waals surface area contributed by atoms with Gasteiger partial charge in [-0.2, -0.15) is 0 Å². The lowest BCUT2D eigenvalue weighted by molar-refractivity contribution is 0.0788. The average molecular weight is 457 g/mol. The molecule has 0 aliphatic heterocycles. The van der Waals surface area contributed by atoms with Gasteiger partial charge in [-0.25, -0.2) is 12.8 Å². The first-order valence-corrected chi connectivity index (χ1v) is 11.6. The van der Waals surface area contributed by atoms with Crippen molar-refractivity contribution in [2.75, 3.05) is 24.9 Å². The van der Waals surface area contributed by atoms with E-state index in [-0.39, 0.29) is 16.5 Å². The molecule has 0 saturated carbocycles. The number of amides is 1. The first-order chi connectivity index (χ1) is 15.3. The average Bonchev–Trinajstić information content (AvgIpc) is 2.78. The molecule has 3 aromatic rings. The molecule has 3 rings (SSSR count). The Kier molecular flexibility index (Phi) is 7.48. The molecule has 0 fully saturated rings. The van der Waals surface area contributed by atoms with Crippen LogP contribution in [0.25, 0.3) is 0 Å². The van der Waals surface area contributed by atoms with E-state index in [1.165, 1.54) is 24.3 Å². The summed E-state index contributed by atoms with van der Waals surface area (Å²) < 4.78 is 47.0. The van der Waals surface area contributed by atoms with Crippen LogP contribution in [0.5, 0.6) is 5.75 Å². The number of ether oxygens (including phenoxy) is 1. The minimum Gasteiger partial charge on any atom is -0.494 e. The first kappa shape index (κ1) is 23.3. The Morgan fingerprint density at radius 1 is 1.03 bits per heavy atom. The van der Waals surface area contributed by atoms with E-state index in [1.54, 1.807) is 31.0 Å². The van der Waals surface area contributed by atoms with Gasteiger partial charge in [-0.3, -0.25) is 9.52 Å². The molecule has 0 aliphatic rings. The number of nitrogens with zero attached hydrogens (tertiary/aromatic N) is 1. The summed E-state index contributed by atoms with van der Waals surface area (Å²) in [6.07, 6.45) is 0.641. The second-order valence-electron chi connectivity index (χ2n) is 7.34. The maximum absolute atomic E-state index is 13.8. The summed E-state index contributed by atoms with van der Waals surface area (Å²) >= 11 is 0. The molecule has 0 radical (unpaired) electrons. The molecule has 8 heteroatoms. The van der Waals surface area contributed by atoms with Gasteiger partial charge in [0.1, 0.15) is 11.6 Å². The number of aryl methyl sites for hydroxylation is 1. The molecular weight excluding hydrogens is 431 g/mol. The van der Waals surface area contributed by atoms with Crippen LogP contribution in [0.2, 0.25) is 0 Å². The molecule has 0 aromatic heterocycles. The van der Waals surface area contributed by atoms with Gasteiger partial charge in [0.25, 0.3) is 15.9 Å². The summed E-state index contributed by atoms with van der Waals surface area (Å²) in [6, 6.07) is 19.3. The molecule has 0 aliphatic carbocycles. The SMILES string of the molecule is Cc1ccc(S(=O)(=O)Nc2cccc(C(=O)N(C)CCCOc3ccccc3)c2)cc1F. The van der Waals surface area contributed by atoms with E-state index in [2.05, 4.69) is 4.72 Å². The number of sulfonamides is 1.